The summed E-state index contributed by atoms with van der Waals surface area (Å²) in [6.07, 6.45) is 2.88. The molecule has 40 heavy (non-hydrogen) atoms. The zero-order valence-corrected chi connectivity index (χ0v) is 22.0. The summed E-state index contributed by atoms with van der Waals surface area (Å²) < 4.78 is 15.3. The maximum Gasteiger partial charge on any atom is 0.272 e. The molecule has 3 amide bonds. The van der Waals surface area contributed by atoms with Crippen LogP contribution in [0.2, 0.25) is 0 Å². The van der Waals surface area contributed by atoms with Crippen molar-refractivity contribution in [1.29, 1.82) is 0 Å². The number of rotatable bonds is 8. The first-order valence-electron chi connectivity index (χ1n) is 12.9. The molecule has 10 heteroatoms. The number of hydrogen-bond acceptors (Lipinski definition) is 4. The minimum absolute atomic E-state index is 0.0951. The highest BCUT2D eigenvalue weighted by Gasteiger charge is 2.34. The van der Waals surface area contributed by atoms with E-state index in [1.807, 2.05) is 13.0 Å². The Morgan fingerprint density at radius 3 is 2.65 bits per heavy atom. The van der Waals surface area contributed by atoms with Gasteiger partial charge in [-0.3, -0.25) is 19.1 Å². The molecule has 0 saturated heterocycles. The molecule has 5 rings (SSSR count). The van der Waals surface area contributed by atoms with E-state index in [0.717, 1.165) is 16.8 Å². The van der Waals surface area contributed by atoms with E-state index in [-0.39, 0.29) is 48.2 Å². The summed E-state index contributed by atoms with van der Waals surface area (Å²) in [7, 11) is 0. The Bertz CT molecular complexity index is 1560. The van der Waals surface area contributed by atoms with Crippen LogP contribution < -0.4 is 10.6 Å². The summed E-state index contributed by atoms with van der Waals surface area (Å²) >= 11 is 0. The molecule has 0 fully saturated rings. The quantitative estimate of drug-likeness (QED) is 0.291. The summed E-state index contributed by atoms with van der Waals surface area (Å²) in [6, 6.07) is 16.8. The molecular formula is C30H29FN6O3. The number of carbonyl (C=O) groups is 3. The molecule has 2 aromatic carbocycles. The van der Waals surface area contributed by atoms with Crippen molar-refractivity contribution in [2.45, 2.75) is 32.5 Å². The van der Waals surface area contributed by atoms with E-state index in [1.54, 1.807) is 58.2 Å². The molecule has 3 N–H and O–H groups in total. The smallest absolute Gasteiger partial charge is 0.272 e. The first kappa shape index (κ1) is 26.6. The predicted octanol–water partition coefficient (Wildman–Crippen LogP) is 4.21. The molecule has 0 spiro atoms. The number of amides is 3. The highest BCUT2D eigenvalue weighted by molar-refractivity contribution is 5.99. The van der Waals surface area contributed by atoms with Crippen LogP contribution in [0.3, 0.4) is 0 Å². The van der Waals surface area contributed by atoms with Crippen molar-refractivity contribution in [1.82, 2.24) is 25.0 Å². The molecule has 9 nitrogen and oxygen atoms in total. The predicted molar refractivity (Wildman–Crippen MR) is 148 cm³/mol. The van der Waals surface area contributed by atoms with E-state index in [1.165, 1.54) is 18.2 Å². The van der Waals surface area contributed by atoms with Gasteiger partial charge < -0.3 is 20.5 Å². The van der Waals surface area contributed by atoms with E-state index in [9.17, 15) is 18.8 Å². The first-order valence-corrected chi connectivity index (χ1v) is 12.9. The Balaban J connectivity index is 1.42. The molecule has 204 valence electrons. The molecular weight excluding hydrogens is 511 g/mol. The maximum absolute atomic E-state index is 13.5. The number of nitrogens with zero attached hydrogens (tertiary/aromatic N) is 3. The average Bonchev–Trinajstić information content (AvgIpc) is 3.62. The second kappa shape index (κ2) is 11.4. The van der Waals surface area contributed by atoms with Gasteiger partial charge in [-0.15, -0.1) is 0 Å². The summed E-state index contributed by atoms with van der Waals surface area (Å²) in [5.41, 5.74) is 4.49. The van der Waals surface area contributed by atoms with Crippen molar-refractivity contribution in [3.05, 3.63) is 119 Å². The minimum Gasteiger partial charge on any atom is -0.357 e. The largest absolute Gasteiger partial charge is 0.357 e. The fraction of sp³-hybridized carbons (Fsp3) is 0.200. The van der Waals surface area contributed by atoms with E-state index in [2.05, 4.69) is 22.2 Å². The van der Waals surface area contributed by atoms with Gasteiger partial charge in [-0.25, -0.2) is 4.39 Å². The van der Waals surface area contributed by atoms with Crippen LogP contribution in [0, 0.1) is 5.82 Å². The summed E-state index contributed by atoms with van der Waals surface area (Å²) in [4.78, 5) is 43.0. The van der Waals surface area contributed by atoms with E-state index < -0.39 is 0 Å². The Kier molecular flexibility index (Phi) is 7.59. The highest BCUT2D eigenvalue weighted by Crippen LogP contribution is 2.32. The van der Waals surface area contributed by atoms with Crippen LogP contribution in [-0.4, -0.2) is 43.9 Å². The Labute approximate surface area is 230 Å². The van der Waals surface area contributed by atoms with Crippen LogP contribution in [0.1, 0.15) is 56.2 Å². The van der Waals surface area contributed by atoms with Crippen molar-refractivity contribution in [2.24, 2.45) is 0 Å². The van der Waals surface area contributed by atoms with Gasteiger partial charge in [0.05, 0.1) is 13.1 Å². The van der Waals surface area contributed by atoms with Gasteiger partial charge in [0.2, 0.25) is 5.91 Å². The molecule has 1 atom stereocenters. The van der Waals surface area contributed by atoms with Crippen LogP contribution in [0.5, 0.6) is 0 Å². The molecule has 0 saturated carbocycles. The number of benzene rings is 2. The van der Waals surface area contributed by atoms with E-state index in [4.69, 9.17) is 5.10 Å². The van der Waals surface area contributed by atoms with Crippen LogP contribution >= 0.6 is 0 Å². The number of hydrogen-bond donors (Lipinski definition) is 3. The molecule has 0 aliphatic carbocycles. The molecule has 0 bridgehead atoms. The summed E-state index contributed by atoms with van der Waals surface area (Å²) in [5, 5.41) is 10.3. The number of halogens is 1. The number of carbonyl (C=O) groups excluding carboxylic acids is 3. The molecule has 0 radical (unpaired) electrons. The molecule has 3 heterocycles. The average molecular weight is 541 g/mol. The van der Waals surface area contributed by atoms with Crippen LogP contribution in [-0.2, 0) is 24.4 Å². The van der Waals surface area contributed by atoms with Crippen molar-refractivity contribution in [3.63, 3.8) is 0 Å². The Morgan fingerprint density at radius 2 is 1.93 bits per heavy atom. The normalized spacial score (nSPS) is 14.3. The molecule has 4 aromatic rings. The standard InChI is InChI=1S/C30H29FN6O3/c1-3-26(38)34-23-7-4-6-21(14-23)15-33-29(39)27-24-18-36(30(40)25-8-5-13-32-25)16-19(2)28(24)37(35-27)17-20-9-11-22(31)12-10-20/h3-14,19,32H,1,15-18H2,2H3,(H,33,39)(H,34,38). The zero-order valence-electron chi connectivity index (χ0n) is 22.0. The van der Waals surface area contributed by atoms with Crippen LogP contribution in [0.15, 0.2) is 79.5 Å². The maximum atomic E-state index is 13.5. The fourth-order valence-electron chi connectivity index (χ4n) is 4.96. The summed E-state index contributed by atoms with van der Waals surface area (Å²) in [6.45, 7) is 6.71. The lowest BCUT2D eigenvalue weighted by Gasteiger charge is -2.32. The molecule has 2 aromatic heterocycles. The lowest BCUT2D eigenvalue weighted by Crippen LogP contribution is -2.39. The Hall–Kier alpha value is -4.99. The third kappa shape index (κ3) is 5.70. The number of aromatic amines is 1. The number of fused-ring (bicyclic) bond motifs is 1. The van der Waals surface area contributed by atoms with Gasteiger partial charge in [0.15, 0.2) is 5.69 Å². The zero-order chi connectivity index (χ0) is 28.2. The van der Waals surface area contributed by atoms with E-state index >= 15 is 0 Å². The van der Waals surface area contributed by atoms with Gasteiger partial charge in [0.1, 0.15) is 11.5 Å². The topological polar surface area (TPSA) is 112 Å². The van der Waals surface area contributed by atoms with Gasteiger partial charge in [-0.05, 0) is 53.6 Å². The van der Waals surface area contributed by atoms with Crippen molar-refractivity contribution < 1.29 is 18.8 Å². The van der Waals surface area contributed by atoms with E-state index in [0.29, 0.717) is 30.0 Å². The van der Waals surface area contributed by atoms with Gasteiger partial charge >= 0.3 is 0 Å². The summed E-state index contributed by atoms with van der Waals surface area (Å²) in [5.74, 6) is -1.28. The van der Waals surface area contributed by atoms with Gasteiger partial charge in [-0.2, -0.15) is 5.10 Å². The fourth-order valence-corrected chi connectivity index (χ4v) is 4.96. The van der Waals surface area contributed by atoms with Gasteiger partial charge in [0, 0.05) is 42.1 Å². The van der Waals surface area contributed by atoms with Crippen molar-refractivity contribution in [2.75, 3.05) is 11.9 Å². The highest BCUT2D eigenvalue weighted by atomic mass is 19.1. The van der Waals surface area contributed by atoms with Gasteiger partial charge in [0.25, 0.3) is 11.8 Å². The molecule has 1 unspecified atom stereocenters. The number of aromatic nitrogens is 3. The lowest BCUT2D eigenvalue weighted by molar-refractivity contribution is -0.111. The third-order valence-electron chi connectivity index (χ3n) is 6.81. The second-order valence-electron chi connectivity index (χ2n) is 9.74. The second-order valence-corrected chi connectivity index (χ2v) is 9.74. The van der Waals surface area contributed by atoms with Gasteiger partial charge in [-0.1, -0.05) is 37.8 Å². The first-order chi connectivity index (χ1) is 19.3. The van der Waals surface area contributed by atoms with Crippen LogP contribution in [0.25, 0.3) is 0 Å². The Morgan fingerprint density at radius 1 is 1.12 bits per heavy atom. The van der Waals surface area contributed by atoms with Crippen molar-refractivity contribution in [3.8, 4) is 0 Å². The molecule has 1 aliphatic rings. The van der Waals surface area contributed by atoms with Crippen molar-refractivity contribution >= 4 is 23.4 Å². The monoisotopic (exact) mass is 540 g/mol. The minimum atomic E-state index is -0.379. The van der Waals surface area contributed by atoms with Crippen LogP contribution in [0.4, 0.5) is 10.1 Å². The molecule has 1 aliphatic heterocycles. The SMILES string of the molecule is C=CC(=O)Nc1cccc(CNC(=O)c2nn(Cc3ccc(F)cc3)c3c2CN(C(=O)c2ccc[nH]2)CC3C)c1. The number of nitrogens with one attached hydrogen (secondary N) is 3. The number of H-pyrrole nitrogens is 1. The lowest BCUT2D eigenvalue weighted by atomic mass is 9.95. The number of anilines is 1. The third-order valence-corrected chi connectivity index (χ3v) is 6.81.